The van der Waals surface area contributed by atoms with Crippen LogP contribution < -0.4 is 0 Å². The van der Waals surface area contributed by atoms with Gasteiger partial charge in [-0.3, -0.25) is 0 Å². The Hall–Kier alpha value is -3.20. The maximum atomic E-state index is 13.3. The molecule has 0 saturated carbocycles. The lowest BCUT2D eigenvalue weighted by molar-refractivity contribution is -0.428. The Balaban J connectivity index is 0. The first-order valence-corrected chi connectivity index (χ1v) is 11.8. The van der Waals surface area contributed by atoms with Crippen molar-refractivity contribution in [3.8, 4) is 0 Å². The minimum atomic E-state index is -7.61. The van der Waals surface area contributed by atoms with Gasteiger partial charge in [-0.05, 0) is 0 Å². The Morgan fingerprint density at radius 3 is 0.760 bits per heavy atom. The Labute approximate surface area is 261 Å². The highest BCUT2D eigenvalue weighted by molar-refractivity contribution is 5.86. The van der Waals surface area contributed by atoms with E-state index in [9.17, 15) is 106 Å². The summed E-state index contributed by atoms with van der Waals surface area (Å²) in [6.45, 7) is 5.38. The second kappa shape index (κ2) is 14.8. The van der Waals surface area contributed by atoms with Crippen LogP contribution >= 0.6 is 0 Å². The van der Waals surface area contributed by atoms with Gasteiger partial charge in [0.1, 0.15) is 0 Å². The SMILES string of the molecule is C=C(CC(O)CC(F)(F)C(F)(F)C(F)(C(F)(F)F)C(F)(F)F)C(=O)O.C=C(CC(O)CC(F)(F)C(F)(F)C(F)(C(F)(F)F)C(F)(F)F)C(=O)O. The predicted octanol–water partition coefficient (Wildman–Crippen LogP) is 7.74. The molecule has 0 aromatic carbocycles. The first-order valence-electron chi connectivity index (χ1n) is 11.8. The van der Waals surface area contributed by atoms with Gasteiger partial charge in [-0.15, -0.1) is 0 Å². The zero-order chi connectivity index (χ0) is 41.3. The molecule has 0 spiro atoms. The van der Waals surface area contributed by atoms with Gasteiger partial charge in [0.15, 0.2) is 0 Å². The zero-order valence-corrected chi connectivity index (χ0v) is 23.3. The number of aliphatic hydroxyl groups excluding tert-OH is 2. The van der Waals surface area contributed by atoms with Gasteiger partial charge in [-0.25, -0.2) is 18.4 Å². The number of carboxylic acids is 2. The summed E-state index contributed by atoms with van der Waals surface area (Å²) in [5, 5.41) is 34.7. The van der Waals surface area contributed by atoms with Crippen LogP contribution in [0.1, 0.15) is 25.7 Å². The largest absolute Gasteiger partial charge is 0.478 e. The van der Waals surface area contributed by atoms with Crippen LogP contribution in [0, 0.1) is 0 Å². The fourth-order valence-electron chi connectivity index (χ4n) is 3.27. The predicted molar refractivity (Wildman–Crippen MR) is 116 cm³/mol. The normalized spacial score (nSPS) is 15.8. The number of aliphatic hydroxyl groups is 2. The van der Waals surface area contributed by atoms with E-state index in [0.717, 1.165) is 0 Å². The van der Waals surface area contributed by atoms with Gasteiger partial charge < -0.3 is 20.4 Å². The van der Waals surface area contributed by atoms with E-state index in [1.807, 2.05) is 0 Å². The smallest absolute Gasteiger partial charge is 0.438 e. The number of aliphatic carboxylic acids is 2. The van der Waals surface area contributed by atoms with Gasteiger partial charge in [0.2, 0.25) is 0 Å². The van der Waals surface area contributed by atoms with Crippen molar-refractivity contribution in [3.05, 3.63) is 24.3 Å². The average Bonchev–Trinajstić information content (AvgIpc) is 2.83. The van der Waals surface area contributed by atoms with Crippen molar-refractivity contribution in [3.63, 3.8) is 0 Å². The topological polar surface area (TPSA) is 115 Å². The zero-order valence-electron chi connectivity index (χ0n) is 23.3. The second-order valence-corrected chi connectivity index (χ2v) is 9.81. The number of halogens is 22. The van der Waals surface area contributed by atoms with E-state index >= 15 is 0 Å². The molecule has 0 bridgehead atoms. The first kappa shape index (κ1) is 48.9. The maximum Gasteiger partial charge on any atom is 0.438 e. The molecule has 0 aromatic rings. The lowest BCUT2D eigenvalue weighted by Gasteiger charge is -2.40. The van der Waals surface area contributed by atoms with Gasteiger partial charge in [-0.1, -0.05) is 13.2 Å². The standard InChI is InChI=1S/2C11H9F11O3/c2*1-4(6(24)25)2-5(23)3-7(12,13)9(15,16)8(14,10(17,18)19)11(20,21)22/h2*5,23H,1-3H2,(H,24,25). The number of carboxylic acid groups (broad SMARTS) is 2. The summed E-state index contributed by atoms with van der Waals surface area (Å²) < 4.78 is 280. The Morgan fingerprint density at radius 2 is 0.620 bits per heavy atom. The molecular formula is C22H18F22O6. The number of hydrogen-bond donors (Lipinski definition) is 4. The number of hydrogen-bond acceptors (Lipinski definition) is 4. The van der Waals surface area contributed by atoms with E-state index in [-0.39, 0.29) is 0 Å². The van der Waals surface area contributed by atoms with Crippen molar-refractivity contribution in [2.45, 2.75) is 97.6 Å². The highest BCUT2D eigenvalue weighted by atomic mass is 19.4. The van der Waals surface area contributed by atoms with Gasteiger partial charge in [-0.2, -0.15) is 87.8 Å². The number of rotatable bonds is 14. The molecule has 0 amide bonds. The molecule has 6 nitrogen and oxygen atoms in total. The summed E-state index contributed by atoms with van der Waals surface area (Å²) in [7, 11) is 0. The summed E-state index contributed by atoms with van der Waals surface area (Å²) in [6, 6.07) is 0. The third kappa shape index (κ3) is 9.56. The monoisotopic (exact) mass is 796 g/mol. The molecule has 2 atom stereocenters. The molecule has 0 aromatic heterocycles. The molecule has 4 N–H and O–H groups in total. The van der Waals surface area contributed by atoms with Crippen molar-refractivity contribution in [1.29, 1.82) is 0 Å². The lowest BCUT2D eigenvalue weighted by Crippen LogP contribution is -2.70. The van der Waals surface area contributed by atoms with Crippen LogP contribution in [-0.2, 0) is 9.59 Å². The Bertz CT molecular complexity index is 1110. The van der Waals surface area contributed by atoms with Crippen LogP contribution in [0.4, 0.5) is 96.6 Å². The van der Waals surface area contributed by atoms with Crippen LogP contribution in [0.5, 0.6) is 0 Å². The molecule has 0 rings (SSSR count). The van der Waals surface area contributed by atoms with Crippen LogP contribution in [0.2, 0.25) is 0 Å². The number of alkyl halides is 22. The van der Waals surface area contributed by atoms with Crippen LogP contribution in [0.25, 0.3) is 0 Å². The lowest BCUT2D eigenvalue weighted by atomic mass is 9.87. The minimum Gasteiger partial charge on any atom is -0.478 e. The first-order chi connectivity index (χ1) is 21.4. The van der Waals surface area contributed by atoms with Crippen molar-refractivity contribution in [2.75, 3.05) is 0 Å². The molecule has 28 heteroatoms. The molecule has 50 heavy (non-hydrogen) atoms. The molecule has 0 heterocycles. The van der Waals surface area contributed by atoms with Crippen LogP contribution in [0.3, 0.4) is 0 Å². The molecule has 0 radical (unpaired) electrons. The molecule has 0 aliphatic heterocycles. The van der Waals surface area contributed by atoms with Gasteiger partial charge >= 0.3 is 71.7 Å². The van der Waals surface area contributed by atoms with Crippen molar-refractivity contribution in [2.24, 2.45) is 0 Å². The Morgan fingerprint density at radius 1 is 0.440 bits per heavy atom. The third-order valence-electron chi connectivity index (χ3n) is 5.90. The second-order valence-electron chi connectivity index (χ2n) is 9.81. The molecule has 0 aliphatic carbocycles. The van der Waals surface area contributed by atoms with Gasteiger partial charge in [0, 0.05) is 36.8 Å². The Kier molecular flexibility index (Phi) is 14.5. The summed E-state index contributed by atoms with van der Waals surface area (Å²) >= 11 is 0. The van der Waals surface area contributed by atoms with E-state index < -0.39 is 121 Å². The fourth-order valence-corrected chi connectivity index (χ4v) is 3.27. The van der Waals surface area contributed by atoms with Gasteiger partial charge in [0.05, 0.1) is 12.2 Å². The minimum absolute atomic E-state index is 1.05. The average molecular weight is 796 g/mol. The van der Waals surface area contributed by atoms with Crippen LogP contribution in [0.15, 0.2) is 24.3 Å². The van der Waals surface area contributed by atoms with Crippen molar-refractivity contribution < 1.29 is 127 Å². The van der Waals surface area contributed by atoms with Crippen LogP contribution in [-0.4, -0.2) is 104 Å². The summed E-state index contributed by atoms with van der Waals surface area (Å²) in [5.41, 5.74) is -17.3. The molecule has 296 valence electrons. The molecule has 0 saturated heterocycles. The van der Waals surface area contributed by atoms with E-state index in [0.29, 0.717) is 0 Å². The summed E-state index contributed by atoms with van der Waals surface area (Å²) in [4.78, 5) is 20.6. The van der Waals surface area contributed by atoms with Crippen molar-refractivity contribution in [1.82, 2.24) is 0 Å². The molecule has 2 unspecified atom stereocenters. The summed E-state index contributed by atoms with van der Waals surface area (Å²) in [6.07, 6.45) is -43.9. The van der Waals surface area contributed by atoms with Gasteiger partial charge in [0.25, 0.3) is 0 Å². The van der Waals surface area contributed by atoms with Crippen molar-refractivity contribution >= 4 is 11.9 Å². The van der Waals surface area contributed by atoms with E-state index in [1.54, 1.807) is 0 Å². The third-order valence-corrected chi connectivity index (χ3v) is 5.90. The fraction of sp³-hybridized carbons (Fsp3) is 0.727. The summed E-state index contributed by atoms with van der Waals surface area (Å²) in [5.74, 6) is -31.2. The highest BCUT2D eigenvalue weighted by Gasteiger charge is 2.91. The quantitative estimate of drug-likeness (QED) is 0.106. The number of carbonyl (C=O) groups is 2. The highest BCUT2D eigenvalue weighted by Crippen LogP contribution is 2.61. The molecular weight excluding hydrogens is 778 g/mol. The molecule has 0 fully saturated rings. The molecule has 0 aliphatic rings. The van der Waals surface area contributed by atoms with E-state index in [4.69, 9.17) is 20.4 Å². The van der Waals surface area contributed by atoms with E-state index in [1.165, 1.54) is 0 Å². The maximum absolute atomic E-state index is 13.3. The van der Waals surface area contributed by atoms with E-state index in [2.05, 4.69) is 13.2 Å².